The molecular weight excluding hydrogens is 317 g/mol. The number of aromatic amines is 1. The van der Waals surface area contributed by atoms with E-state index in [0.717, 1.165) is 41.2 Å². The highest BCUT2D eigenvalue weighted by molar-refractivity contribution is 6.31. The van der Waals surface area contributed by atoms with E-state index >= 15 is 0 Å². The standard InChI is InChI=1S/C17H13Cl2N3/c18-11-4-6-16(22-7-1-2-8-22)13(9-11)17-20-14-5-3-12(19)10-15(14)21-17/h1-6,9-10H,7-8H2,(H,20,21). The molecule has 0 amide bonds. The number of nitrogens with zero attached hydrogens (tertiary/aromatic N) is 2. The number of imidazole rings is 1. The molecule has 2 heterocycles. The van der Waals surface area contributed by atoms with Crippen molar-refractivity contribution in [3.8, 4) is 11.4 Å². The molecule has 1 aromatic heterocycles. The maximum Gasteiger partial charge on any atom is 0.140 e. The van der Waals surface area contributed by atoms with E-state index in [-0.39, 0.29) is 0 Å². The molecule has 4 rings (SSSR count). The Balaban J connectivity index is 1.87. The normalized spacial score (nSPS) is 14.2. The lowest BCUT2D eigenvalue weighted by Gasteiger charge is -2.20. The molecule has 3 aromatic rings. The molecule has 0 saturated heterocycles. The van der Waals surface area contributed by atoms with Crippen molar-refractivity contribution in [1.82, 2.24) is 9.97 Å². The van der Waals surface area contributed by atoms with Crippen molar-refractivity contribution in [2.45, 2.75) is 0 Å². The van der Waals surface area contributed by atoms with E-state index in [1.165, 1.54) is 0 Å². The second-order valence-electron chi connectivity index (χ2n) is 5.28. The Hall–Kier alpha value is -1.97. The summed E-state index contributed by atoms with van der Waals surface area (Å²) < 4.78 is 0. The summed E-state index contributed by atoms with van der Waals surface area (Å²) in [6.07, 6.45) is 4.33. The lowest BCUT2D eigenvalue weighted by atomic mass is 10.1. The van der Waals surface area contributed by atoms with E-state index in [4.69, 9.17) is 23.2 Å². The number of rotatable bonds is 2. The molecule has 1 aliphatic rings. The number of anilines is 1. The Labute approximate surface area is 138 Å². The minimum absolute atomic E-state index is 0.692. The molecule has 0 radical (unpaired) electrons. The fraction of sp³-hybridized carbons (Fsp3) is 0.118. The van der Waals surface area contributed by atoms with Crippen molar-refractivity contribution in [1.29, 1.82) is 0 Å². The minimum Gasteiger partial charge on any atom is -0.363 e. The topological polar surface area (TPSA) is 31.9 Å². The van der Waals surface area contributed by atoms with Gasteiger partial charge in [0.2, 0.25) is 0 Å². The summed E-state index contributed by atoms with van der Waals surface area (Å²) in [6.45, 7) is 1.81. The summed E-state index contributed by atoms with van der Waals surface area (Å²) in [5.74, 6) is 0.807. The van der Waals surface area contributed by atoms with Gasteiger partial charge in [-0.1, -0.05) is 35.4 Å². The van der Waals surface area contributed by atoms with Gasteiger partial charge in [0.15, 0.2) is 0 Å². The maximum atomic E-state index is 6.20. The van der Waals surface area contributed by atoms with Crippen molar-refractivity contribution in [3.05, 3.63) is 58.6 Å². The van der Waals surface area contributed by atoms with Gasteiger partial charge in [0, 0.05) is 34.4 Å². The SMILES string of the molecule is Clc1ccc(N2CC=CC2)c(-c2nc3ccc(Cl)cc3[nH]2)c1. The molecule has 0 saturated carbocycles. The zero-order chi connectivity index (χ0) is 15.1. The molecule has 0 aliphatic carbocycles. The van der Waals surface area contributed by atoms with Crippen LogP contribution in [0.5, 0.6) is 0 Å². The minimum atomic E-state index is 0.692. The van der Waals surface area contributed by atoms with Gasteiger partial charge in [0.1, 0.15) is 5.82 Å². The molecule has 110 valence electrons. The quantitative estimate of drug-likeness (QED) is 0.677. The van der Waals surface area contributed by atoms with Crippen LogP contribution >= 0.6 is 23.2 Å². The highest BCUT2D eigenvalue weighted by Gasteiger charge is 2.16. The van der Waals surface area contributed by atoms with Gasteiger partial charge in [-0.3, -0.25) is 0 Å². The molecule has 3 nitrogen and oxygen atoms in total. The fourth-order valence-electron chi connectivity index (χ4n) is 2.76. The lowest BCUT2D eigenvalue weighted by Crippen LogP contribution is -2.19. The van der Waals surface area contributed by atoms with Crippen molar-refractivity contribution in [2.75, 3.05) is 18.0 Å². The summed E-state index contributed by atoms with van der Waals surface area (Å²) in [6, 6.07) is 11.6. The van der Waals surface area contributed by atoms with E-state index in [1.807, 2.05) is 36.4 Å². The van der Waals surface area contributed by atoms with Gasteiger partial charge in [0.25, 0.3) is 0 Å². The van der Waals surface area contributed by atoms with E-state index in [1.54, 1.807) is 0 Å². The Bertz CT molecular complexity index is 875. The van der Waals surface area contributed by atoms with Crippen LogP contribution in [-0.4, -0.2) is 23.1 Å². The molecule has 0 atom stereocenters. The van der Waals surface area contributed by atoms with Crippen LogP contribution < -0.4 is 4.90 Å². The van der Waals surface area contributed by atoms with Crippen LogP contribution in [0.25, 0.3) is 22.4 Å². The molecule has 1 aliphatic heterocycles. The van der Waals surface area contributed by atoms with E-state index in [0.29, 0.717) is 10.0 Å². The Morgan fingerprint density at radius 2 is 1.68 bits per heavy atom. The molecule has 2 aromatic carbocycles. The number of fused-ring (bicyclic) bond motifs is 1. The first-order chi connectivity index (χ1) is 10.7. The molecule has 22 heavy (non-hydrogen) atoms. The van der Waals surface area contributed by atoms with E-state index in [2.05, 4.69) is 27.0 Å². The number of H-pyrrole nitrogens is 1. The molecule has 0 unspecified atom stereocenters. The van der Waals surface area contributed by atoms with Gasteiger partial charge in [-0.05, 0) is 36.4 Å². The molecule has 0 spiro atoms. The predicted molar refractivity (Wildman–Crippen MR) is 92.9 cm³/mol. The highest BCUT2D eigenvalue weighted by Crippen LogP contribution is 2.34. The Morgan fingerprint density at radius 1 is 0.955 bits per heavy atom. The number of halogens is 2. The number of benzene rings is 2. The Kier molecular flexibility index (Phi) is 3.32. The monoisotopic (exact) mass is 329 g/mol. The summed E-state index contributed by atoms with van der Waals surface area (Å²) in [5.41, 5.74) is 3.95. The van der Waals surface area contributed by atoms with Crippen molar-refractivity contribution < 1.29 is 0 Å². The van der Waals surface area contributed by atoms with Crippen LogP contribution in [0.3, 0.4) is 0 Å². The van der Waals surface area contributed by atoms with Crippen LogP contribution in [0.4, 0.5) is 5.69 Å². The number of hydrogen-bond acceptors (Lipinski definition) is 2. The van der Waals surface area contributed by atoms with Gasteiger partial charge in [-0.25, -0.2) is 4.98 Å². The van der Waals surface area contributed by atoms with E-state index < -0.39 is 0 Å². The van der Waals surface area contributed by atoms with Gasteiger partial charge < -0.3 is 9.88 Å². The van der Waals surface area contributed by atoms with Gasteiger partial charge in [-0.15, -0.1) is 0 Å². The molecule has 0 fully saturated rings. The van der Waals surface area contributed by atoms with Crippen LogP contribution in [0.15, 0.2) is 48.6 Å². The third-order valence-corrected chi connectivity index (χ3v) is 4.29. The predicted octanol–water partition coefficient (Wildman–Crippen LogP) is 4.91. The highest BCUT2D eigenvalue weighted by atomic mass is 35.5. The average molecular weight is 330 g/mol. The number of hydrogen-bond donors (Lipinski definition) is 1. The Morgan fingerprint density at radius 3 is 2.50 bits per heavy atom. The maximum absolute atomic E-state index is 6.20. The van der Waals surface area contributed by atoms with Crippen LogP contribution in [-0.2, 0) is 0 Å². The van der Waals surface area contributed by atoms with Crippen LogP contribution in [0.1, 0.15) is 0 Å². The summed E-state index contributed by atoms with van der Waals surface area (Å²) >= 11 is 12.2. The zero-order valence-electron chi connectivity index (χ0n) is 11.7. The second-order valence-corrected chi connectivity index (χ2v) is 6.16. The molecule has 0 bridgehead atoms. The van der Waals surface area contributed by atoms with Gasteiger partial charge in [-0.2, -0.15) is 0 Å². The van der Waals surface area contributed by atoms with Crippen molar-refractivity contribution in [2.24, 2.45) is 0 Å². The number of nitrogens with one attached hydrogen (secondary N) is 1. The molecule has 1 N–H and O–H groups in total. The second kappa shape index (κ2) is 5.34. The summed E-state index contributed by atoms with van der Waals surface area (Å²) in [4.78, 5) is 10.3. The summed E-state index contributed by atoms with van der Waals surface area (Å²) in [5, 5.41) is 1.39. The van der Waals surface area contributed by atoms with Gasteiger partial charge >= 0.3 is 0 Å². The molecular formula is C17H13Cl2N3. The third kappa shape index (κ3) is 2.36. The largest absolute Gasteiger partial charge is 0.363 e. The zero-order valence-corrected chi connectivity index (χ0v) is 13.2. The first-order valence-corrected chi connectivity index (χ1v) is 7.81. The first-order valence-electron chi connectivity index (χ1n) is 7.06. The average Bonchev–Trinajstić information content (AvgIpc) is 3.15. The van der Waals surface area contributed by atoms with Crippen molar-refractivity contribution >= 4 is 39.9 Å². The molecule has 5 heteroatoms. The number of aromatic nitrogens is 2. The first kappa shape index (κ1) is 13.7. The van der Waals surface area contributed by atoms with Crippen LogP contribution in [0.2, 0.25) is 10.0 Å². The van der Waals surface area contributed by atoms with E-state index in [9.17, 15) is 0 Å². The fourth-order valence-corrected chi connectivity index (χ4v) is 3.10. The van der Waals surface area contributed by atoms with Gasteiger partial charge in [0.05, 0.1) is 11.0 Å². The smallest absolute Gasteiger partial charge is 0.140 e. The lowest BCUT2D eigenvalue weighted by molar-refractivity contribution is 1.01. The van der Waals surface area contributed by atoms with Crippen LogP contribution in [0, 0.1) is 0 Å². The summed E-state index contributed by atoms with van der Waals surface area (Å²) in [7, 11) is 0. The van der Waals surface area contributed by atoms with Crippen molar-refractivity contribution in [3.63, 3.8) is 0 Å². The third-order valence-electron chi connectivity index (χ3n) is 3.82.